The van der Waals surface area contributed by atoms with Crippen molar-refractivity contribution in [2.45, 2.75) is 52.0 Å². The van der Waals surface area contributed by atoms with E-state index < -0.39 is 35.7 Å². The molecule has 3 N–H and O–H groups in total. The van der Waals surface area contributed by atoms with Gasteiger partial charge in [0.05, 0.1) is 38.4 Å². The molecule has 0 aliphatic rings. The van der Waals surface area contributed by atoms with Gasteiger partial charge in [-0.05, 0) is 43.2 Å². The molecule has 0 fully saturated rings. The molecule has 0 saturated heterocycles. The van der Waals surface area contributed by atoms with Gasteiger partial charge in [-0.1, -0.05) is 33.1 Å². The van der Waals surface area contributed by atoms with Gasteiger partial charge < -0.3 is 29.3 Å². The summed E-state index contributed by atoms with van der Waals surface area (Å²) in [6, 6.07) is 6.61. The van der Waals surface area contributed by atoms with Gasteiger partial charge in [-0.25, -0.2) is 14.7 Å². The fourth-order valence-corrected chi connectivity index (χ4v) is 4.15. The Morgan fingerprint density at radius 3 is 2.44 bits per heavy atom. The molecule has 2 rings (SSSR count). The fraction of sp³-hybridized carbons (Fsp3) is 0.464. The quantitative estimate of drug-likeness (QED) is 0.0635. The van der Waals surface area contributed by atoms with Gasteiger partial charge in [0.15, 0.2) is 12.4 Å². The molecule has 0 saturated carbocycles. The predicted octanol–water partition coefficient (Wildman–Crippen LogP) is 2.91. The highest BCUT2D eigenvalue weighted by atomic mass is 16.6. The molecule has 0 aliphatic carbocycles. The van der Waals surface area contributed by atoms with E-state index >= 15 is 0 Å². The van der Waals surface area contributed by atoms with Crippen molar-refractivity contribution in [3.8, 4) is 17.1 Å². The number of methoxy groups -OCH3 is 2. The van der Waals surface area contributed by atoms with Crippen molar-refractivity contribution < 1.29 is 47.8 Å². The van der Waals surface area contributed by atoms with Gasteiger partial charge in [-0.15, -0.1) is 0 Å². The van der Waals surface area contributed by atoms with E-state index in [0.717, 1.165) is 19.3 Å². The van der Waals surface area contributed by atoms with Crippen LogP contribution in [0.25, 0.3) is 11.3 Å². The maximum atomic E-state index is 12.9. The monoisotopic (exact) mass is 575 g/mol. The average Bonchev–Trinajstić information content (AvgIpc) is 3.49. The zero-order valence-electron chi connectivity index (χ0n) is 23.6. The molecular weight excluding hydrogens is 538 g/mol. The van der Waals surface area contributed by atoms with E-state index in [0.29, 0.717) is 23.5 Å². The van der Waals surface area contributed by atoms with Crippen LogP contribution in [-0.4, -0.2) is 74.0 Å². The van der Waals surface area contributed by atoms with Crippen LogP contribution < -0.4 is 15.4 Å². The van der Waals surface area contributed by atoms with Gasteiger partial charge in [-0.3, -0.25) is 19.6 Å². The van der Waals surface area contributed by atoms with Crippen LogP contribution >= 0.6 is 0 Å². The summed E-state index contributed by atoms with van der Waals surface area (Å²) < 4.78 is 20.4. The number of hydroxylamine groups is 2. The summed E-state index contributed by atoms with van der Waals surface area (Å²) in [4.78, 5) is 60.3. The molecule has 13 heteroatoms. The van der Waals surface area contributed by atoms with Crippen LogP contribution in [0.15, 0.2) is 34.7 Å². The molecule has 13 nitrogen and oxygen atoms in total. The minimum Gasteiger partial charge on any atom is -0.482 e. The lowest BCUT2D eigenvalue weighted by Gasteiger charge is -2.29. The Morgan fingerprint density at radius 1 is 1.05 bits per heavy atom. The van der Waals surface area contributed by atoms with E-state index in [1.807, 2.05) is 6.92 Å². The van der Waals surface area contributed by atoms with Crippen LogP contribution in [0.2, 0.25) is 0 Å². The maximum Gasteiger partial charge on any atom is 0.343 e. The first-order chi connectivity index (χ1) is 19.7. The van der Waals surface area contributed by atoms with Crippen LogP contribution in [0.4, 0.5) is 0 Å². The minimum atomic E-state index is -0.699. The Balaban J connectivity index is 2.11. The van der Waals surface area contributed by atoms with Gasteiger partial charge in [0.1, 0.15) is 11.5 Å². The zero-order chi connectivity index (χ0) is 30.4. The van der Waals surface area contributed by atoms with Crippen LogP contribution in [0.5, 0.6) is 5.75 Å². The molecule has 0 unspecified atom stereocenters. The summed E-state index contributed by atoms with van der Waals surface area (Å²) in [5.41, 5.74) is 0.509. The third-order valence-electron chi connectivity index (χ3n) is 6.32. The van der Waals surface area contributed by atoms with Crippen LogP contribution in [-0.2, 0) is 23.9 Å². The number of nitrogens with one attached hydrogen (secondary N) is 2. The standard InChI is InChI=1S/C28H37N3O10/c1-5-7-8-9-21(22(6-2)31(37)17-32)26(34)29-16-30-27(35)24-11-10-23(41-24)18-12-19(28(36)39-4)14-20(13-18)40-15-25(33)38-3/h10-14,17,21-22,37H,5-9,15-16H2,1-4H3,(H,29,34)(H,30,35)/t21-,22-/m1/s1. The second kappa shape index (κ2) is 16.7. The number of benzene rings is 1. The summed E-state index contributed by atoms with van der Waals surface area (Å²) in [5.74, 6) is -2.61. The molecule has 224 valence electrons. The van der Waals surface area contributed by atoms with Crippen molar-refractivity contribution in [1.29, 1.82) is 0 Å². The summed E-state index contributed by atoms with van der Waals surface area (Å²) >= 11 is 0. The first-order valence-electron chi connectivity index (χ1n) is 13.2. The second-order valence-electron chi connectivity index (χ2n) is 9.05. The number of nitrogens with zero attached hydrogens (tertiary/aromatic N) is 1. The zero-order valence-corrected chi connectivity index (χ0v) is 23.6. The number of ether oxygens (including phenoxy) is 3. The second-order valence-corrected chi connectivity index (χ2v) is 9.05. The van der Waals surface area contributed by atoms with Crippen LogP contribution in [0.3, 0.4) is 0 Å². The SMILES string of the molecule is CCCCC[C@@H](C(=O)NCNC(=O)c1ccc(-c2cc(OCC(=O)OC)cc(C(=O)OC)c2)o1)[C@@H](CC)N(O)C=O. The molecule has 0 spiro atoms. The molecule has 2 aromatic rings. The van der Waals surface area contributed by atoms with Gasteiger partial charge in [0, 0.05) is 5.56 Å². The normalized spacial score (nSPS) is 12.0. The summed E-state index contributed by atoms with van der Waals surface area (Å²) in [7, 11) is 2.43. The molecule has 0 aliphatic heterocycles. The molecule has 1 aromatic carbocycles. The van der Waals surface area contributed by atoms with Crippen molar-refractivity contribution in [2.24, 2.45) is 5.92 Å². The first-order valence-corrected chi connectivity index (χ1v) is 13.2. The Labute approximate surface area is 238 Å². The number of rotatable bonds is 17. The molecule has 0 radical (unpaired) electrons. The maximum absolute atomic E-state index is 12.9. The van der Waals surface area contributed by atoms with Gasteiger partial charge in [-0.2, -0.15) is 0 Å². The highest BCUT2D eigenvalue weighted by Crippen LogP contribution is 2.28. The van der Waals surface area contributed by atoms with E-state index in [1.54, 1.807) is 6.92 Å². The Kier molecular flexibility index (Phi) is 13.3. The summed E-state index contributed by atoms with van der Waals surface area (Å²) in [5, 5.41) is 15.6. The van der Waals surface area contributed by atoms with E-state index in [1.165, 1.54) is 44.6 Å². The van der Waals surface area contributed by atoms with Gasteiger partial charge in [0.2, 0.25) is 12.3 Å². The number of unbranched alkanes of at least 4 members (excludes halogenated alkanes) is 2. The van der Waals surface area contributed by atoms with E-state index in [-0.39, 0.29) is 42.5 Å². The number of carbonyl (C=O) groups excluding carboxylic acids is 5. The molecule has 1 heterocycles. The van der Waals surface area contributed by atoms with Crippen molar-refractivity contribution in [1.82, 2.24) is 15.7 Å². The van der Waals surface area contributed by atoms with Crippen LogP contribution in [0, 0.1) is 5.92 Å². The average molecular weight is 576 g/mol. The van der Waals surface area contributed by atoms with Gasteiger partial charge in [0.25, 0.3) is 5.91 Å². The first kappa shape index (κ1) is 32.8. The molecular formula is C28H37N3O10. The Hall–Kier alpha value is -4.39. The Bertz CT molecular complexity index is 1200. The number of furan rings is 1. The lowest BCUT2D eigenvalue weighted by molar-refractivity contribution is -0.168. The highest BCUT2D eigenvalue weighted by Gasteiger charge is 2.30. The molecule has 1 aromatic heterocycles. The number of hydrogen-bond donors (Lipinski definition) is 3. The molecule has 41 heavy (non-hydrogen) atoms. The predicted molar refractivity (Wildman–Crippen MR) is 145 cm³/mol. The smallest absolute Gasteiger partial charge is 0.343 e. The van der Waals surface area contributed by atoms with Gasteiger partial charge >= 0.3 is 11.9 Å². The fourth-order valence-electron chi connectivity index (χ4n) is 4.15. The third kappa shape index (κ3) is 9.64. The number of hydrogen-bond acceptors (Lipinski definition) is 10. The van der Waals surface area contributed by atoms with Crippen LogP contribution in [0.1, 0.15) is 66.9 Å². The molecule has 0 bridgehead atoms. The van der Waals surface area contributed by atoms with Crippen molar-refractivity contribution in [2.75, 3.05) is 27.5 Å². The molecule has 2 atom stereocenters. The van der Waals surface area contributed by atoms with Crippen molar-refractivity contribution in [3.63, 3.8) is 0 Å². The Morgan fingerprint density at radius 2 is 1.80 bits per heavy atom. The number of carbonyl (C=O) groups is 5. The van der Waals surface area contributed by atoms with Crippen molar-refractivity contribution in [3.05, 3.63) is 41.7 Å². The summed E-state index contributed by atoms with van der Waals surface area (Å²) in [6.07, 6.45) is 3.69. The summed E-state index contributed by atoms with van der Waals surface area (Å²) in [6.45, 7) is 3.19. The minimum absolute atomic E-state index is 0.0665. The molecule has 3 amide bonds. The topological polar surface area (TPSA) is 174 Å². The van der Waals surface area contributed by atoms with E-state index in [4.69, 9.17) is 13.9 Å². The largest absolute Gasteiger partial charge is 0.482 e. The highest BCUT2D eigenvalue weighted by molar-refractivity contribution is 5.93. The lowest BCUT2D eigenvalue weighted by atomic mass is 9.90. The number of amides is 3. The van der Waals surface area contributed by atoms with E-state index in [2.05, 4.69) is 15.4 Å². The third-order valence-corrected chi connectivity index (χ3v) is 6.32. The lowest BCUT2D eigenvalue weighted by Crippen LogP contribution is -2.47. The number of esters is 2. The van der Waals surface area contributed by atoms with Crippen molar-refractivity contribution >= 4 is 30.2 Å². The van der Waals surface area contributed by atoms with E-state index in [9.17, 15) is 29.2 Å².